The zero-order valence-corrected chi connectivity index (χ0v) is 12.9. The SMILES string of the molecule is Nc1nc(N)c2cc(Sc3cccc4ccccc34)cnc2n1. The van der Waals surface area contributed by atoms with Gasteiger partial charge < -0.3 is 11.5 Å². The van der Waals surface area contributed by atoms with Gasteiger partial charge in [0.15, 0.2) is 5.65 Å². The molecule has 2 heterocycles. The van der Waals surface area contributed by atoms with Crippen LogP contribution in [0.1, 0.15) is 0 Å². The standard InChI is InChI=1S/C17H13N5S/c18-15-13-8-11(9-20-16(13)22-17(19)21-15)23-14-7-3-5-10-4-1-2-6-12(10)14/h1-9H,(H4,18,19,20,21,22). The number of pyridine rings is 1. The van der Waals surface area contributed by atoms with Gasteiger partial charge in [0.2, 0.25) is 5.95 Å². The molecular formula is C17H13N5S. The molecule has 0 fully saturated rings. The van der Waals surface area contributed by atoms with Crippen molar-refractivity contribution in [2.75, 3.05) is 11.5 Å². The highest BCUT2D eigenvalue weighted by atomic mass is 32.2. The summed E-state index contributed by atoms with van der Waals surface area (Å²) in [4.78, 5) is 14.6. The van der Waals surface area contributed by atoms with Crippen LogP contribution in [-0.4, -0.2) is 15.0 Å². The molecule has 0 spiro atoms. The Labute approximate surface area is 136 Å². The maximum Gasteiger partial charge on any atom is 0.224 e. The number of anilines is 2. The van der Waals surface area contributed by atoms with Crippen LogP contribution in [-0.2, 0) is 0 Å². The van der Waals surface area contributed by atoms with Gasteiger partial charge in [-0.25, -0.2) is 4.98 Å². The quantitative estimate of drug-likeness (QED) is 0.587. The van der Waals surface area contributed by atoms with Crippen LogP contribution in [0.5, 0.6) is 0 Å². The Kier molecular flexibility index (Phi) is 3.24. The van der Waals surface area contributed by atoms with E-state index in [4.69, 9.17) is 11.5 Å². The number of aromatic nitrogens is 3. The van der Waals surface area contributed by atoms with Crippen LogP contribution in [0.15, 0.2) is 64.5 Å². The number of rotatable bonds is 2. The molecule has 4 N–H and O–H groups in total. The number of benzene rings is 2. The summed E-state index contributed by atoms with van der Waals surface area (Å²) in [6.45, 7) is 0. The molecule has 0 unspecified atom stereocenters. The minimum atomic E-state index is 0.136. The van der Waals surface area contributed by atoms with Gasteiger partial charge in [-0.3, -0.25) is 0 Å². The first kappa shape index (κ1) is 13.8. The molecule has 0 amide bonds. The molecule has 0 aliphatic carbocycles. The van der Waals surface area contributed by atoms with Gasteiger partial charge in [-0.05, 0) is 22.9 Å². The van der Waals surface area contributed by atoms with E-state index in [1.165, 1.54) is 15.7 Å². The summed E-state index contributed by atoms with van der Waals surface area (Å²) in [6, 6.07) is 16.5. The fraction of sp³-hybridized carbons (Fsp3) is 0. The van der Waals surface area contributed by atoms with E-state index in [-0.39, 0.29) is 5.95 Å². The summed E-state index contributed by atoms with van der Waals surface area (Å²) in [5, 5.41) is 3.13. The average Bonchev–Trinajstić information content (AvgIpc) is 2.56. The average molecular weight is 319 g/mol. The lowest BCUT2D eigenvalue weighted by atomic mass is 10.1. The highest BCUT2D eigenvalue weighted by Crippen LogP contribution is 2.34. The zero-order valence-electron chi connectivity index (χ0n) is 12.1. The van der Waals surface area contributed by atoms with Crippen molar-refractivity contribution in [3.63, 3.8) is 0 Å². The van der Waals surface area contributed by atoms with E-state index in [1.54, 1.807) is 18.0 Å². The van der Waals surface area contributed by atoms with Crippen molar-refractivity contribution < 1.29 is 0 Å². The van der Waals surface area contributed by atoms with Crippen LogP contribution in [0.3, 0.4) is 0 Å². The van der Waals surface area contributed by atoms with E-state index in [1.807, 2.05) is 18.2 Å². The smallest absolute Gasteiger partial charge is 0.224 e. The van der Waals surface area contributed by atoms with Gasteiger partial charge in [0, 0.05) is 16.0 Å². The van der Waals surface area contributed by atoms with E-state index in [0.29, 0.717) is 16.9 Å². The van der Waals surface area contributed by atoms with E-state index >= 15 is 0 Å². The molecule has 0 saturated carbocycles. The second-order valence-electron chi connectivity index (χ2n) is 5.09. The lowest BCUT2D eigenvalue weighted by Gasteiger charge is -2.07. The van der Waals surface area contributed by atoms with Gasteiger partial charge in [-0.1, -0.05) is 48.2 Å². The second kappa shape index (κ2) is 5.40. The first-order chi connectivity index (χ1) is 11.2. The number of hydrogen-bond acceptors (Lipinski definition) is 6. The van der Waals surface area contributed by atoms with Crippen molar-refractivity contribution in [2.45, 2.75) is 9.79 Å². The largest absolute Gasteiger partial charge is 0.383 e. The Morgan fingerprint density at radius 3 is 2.61 bits per heavy atom. The van der Waals surface area contributed by atoms with Gasteiger partial charge in [-0.2, -0.15) is 9.97 Å². The lowest BCUT2D eigenvalue weighted by molar-refractivity contribution is 1.18. The van der Waals surface area contributed by atoms with Crippen molar-refractivity contribution in [3.8, 4) is 0 Å². The van der Waals surface area contributed by atoms with E-state index in [0.717, 1.165) is 4.90 Å². The summed E-state index contributed by atoms with van der Waals surface area (Å²) in [5.41, 5.74) is 12.0. The molecule has 0 aliphatic rings. The number of hydrogen-bond donors (Lipinski definition) is 2. The highest BCUT2D eigenvalue weighted by Gasteiger charge is 2.08. The Hall–Kier alpha value is -2.86. The van der Waals surface area contributed by atoms with E-state index < -0.39 is 0 Å². The molecule has 0 bridgehead atoms. The normalized spacial score (nSPS) is 11.1. The van der Waals surface area contributed by atoms with Crippen LogP contribution in [0.25, 0.3) is 21.8 Å². The highest BCUT2D eigenvalue weighted by molar-refractivity contribution is 7.99. The third-order valence-electron chi connectivity index (χ3n) is 3.55. The van der Waals surface area contributed by atoms with Crippen molar-refractivity contribution >= 4 is 45.3 Å². The minimum Gasteiger partial charge on any atom is -0.383 e. The van der Waals surface area contributed by atoms with Crippen LogP contribution >= 0.6 is 11.8 Å². The predicted molar refractivity (Wildman–Crippen MR) is 94.2 cm³/mol. The van der Waals surface area contributed by atoms with Gasteiger partial charge in [-0.15, -0.1) is 0 Å². The Morgan fingerprint density at radius 2 is 1.70 bits per heavy atom. The molecule has 4 rings (SSSR count). The van der Waals surface area contributed by atoms with Gasteiger partial charge in [0.1, 0.15) is 5.82 Å². The van der Waals surface area contributed by atoms with Crippen LogP contribution in [0.4, 0.5) is 11.8 Å². The zero-order chi connectivity index (χ0) is 15.8. The number of fused-ring (bicyclic) bond motifs is 2. The summed E-state index contributed by atoms with van der Waals surface area (Å²) in [7, 11) is 0. The molecule has 0 saturated heterocycles. The fourth-order valence-corrected chi connectivity index (χ4v) is 3.48. The van der Waals surface area contributed by atoms with E-state index in [9.17, 15) is 0 Å². The third-order valence-corrected chi connectivity index (χ3v) is 4.59. The lowest BCUT2D eigenvalue weighted by Crippen LogP contribution is -2.01. The predicted octanol–water partition coefficient (Wildman–Crippen LogP) is 3.49. The van der Waals surface area contributed by atoms with Crippen molar-refractivity contribution in [2.24, 2.45) is 0 Å². The molecule has 6 heteroatoms. The number of nitrogen functional groups attached to an aromatic ring is 2. The summed E-state index contributed by atoms with van der Waals surface area (Å²) in [6.07, 6.45) is 1.78. The maximum absolute atomic E-state index is 5.93. The molecule has 0 radical (unpaired) electrons. The molecule has 23 heavy (non-hydrogen) atoms. The molecule has 2 aromatic heterocycles. The van der Waals surface area contributed by atoms with Crippen LogP contribution < -0.4 is 11.5 Å². The van der Waals surface area contributed by atoms with Gasteiger partial charge in [0.05, 0.1) is 5.39 Å². The van der Waals surface area contributed by atoms with Crippen LogP contribution in [0, 0.1) is 0 Å². The monoisotopic (exact) mass is 319 g/mol. The number of nitrogens with two attached hydrogens (primary N) is 2. The van der Waals surface area contributed by atoms with Crippen molar-refractivity contribution in [3.05, 3.63) is 54.7 Å². The topological polar surface area (TPSA) is 90.7 Å². The molecule has 112 valence electrons. The third kappa shape index (κ3) is 2.53. The summed E-state index contributed by atoms with van der Waals surface area (Å²) < 4.78 is 0. The van der Waals surface area contributed by atoms with Gasteiger partial charge in [0.25, 0.3) is 0 Å². The second-order valence-corrected chi connectivity index (χ2v) is 6.20. The fourth-order valence-electron chi connectivity index (χ4n) is 2.50. The van der Waals surface area contributed by atoms with Crippen molar-refractivity contribution in [1.82, 2.24) is 15.0 Å². The molecule has 4 aromatic rings. The van der Waals surface area contributed by atoms with Gasteiger partial charge >= 0.3 is 0 Å². The first-order valence-electron chi connectivity index (χ1n) is 7.05. The first-order valence-corrected chi connectivity index (χ1v) is 7.87. The van der Waals surface area contributed by atoms with Crippen LogP contribution in [0.2, 0.25) is 0 Å². The minimum absolute atomic E-state index is 0.136. The van der Waals surface area contributed by atoms with E-state index in [2.05, 4.69) is 45.3 Å². The Balaban J connectivity index is 1.80. The summed E-state index contributed by atoms with van der Waals surface area (Å²) in [5.74, 6) is 0.484. The molecule has 5 nitrogen and oxygen atoms in total. The molecule has 0 atom stereocenters. The maximum atomic E-state index is 5.93. The number of nitrogens with zero attached hydrogens (tertiary/aromatic N) is 3. The Morgan fingerprint density at radius 1 is 0.870 bits per heavy atom. The molecular weight excluding hydrogens is 306 g/mol. The molecule has 2 aromatic carbocycles. The van der Waals surface area contributed by atoms with Crippen molar-refractivity contribution in [1.29, 1.82) is 0 Å². The Bertz CT molecular complexity index is 1030. The summed E-state index contributed by atoms with van der Waals surface area (Å²) >= 11 is 1.64. The molecule has 0 aliphatic heterocycles.